The third kappa shape index (κ3) is 3.99. The molecule has 0 spiro atoms. The molecule has 1 aliphatic rings. The topological polar surface area (TPSA) is 84.5 Å². The Morgan fingerprint density at radius 2 is 1.92 bits per heavy atom. The van der Waals surface area contributed by atoms with Crippen LogP contribution in [0.5, 0.6) is 11.5 Å². The summed E-state index contributed by atoms with van der Waals surface area (Å²) in [7, 11) is 0. The number of hydrogen-bond acceptors (Lipinski definition) is 7. The molecule has 1 aliphatic heterocycles. The lowest BCUT2D eigenvalue weighted by atomic mass is 10.2. The molecule has 1 N–H and O–H groups in total. The van der Waals surface area contributed by atoms with Crippen molar-refractivity contribution in [3.63, 3.8) is 0 Å². The predicted molar refractivity (Wildman–Crippen MR) is 98.9 cm³/mol. The van der Waals surface area contributed by atoms with Crippen LogP contribution in [-0.4, -0.2) is 27.8 Å². The number of ether oxygens (including phenoxy) is 1. The number of benzene rings is 2. The van der Waals surface area contributed by atoms with Crippen LogP contribution in [-0.2, 0) is 0 Å². The van der Waals surface area contributed by atoms with Gasteiger partial charge in [-0.25, -0.2) is 0 Å². The molecular formula is C16H14IN5O2. The molecule has 0 radical (unpaired) electrons. The number of hydrogen-bond donors (Lipinski definition) is 1. The second kappa shape index (κ2) is 7.74. The van der Waals surface area contributed by atoms with Crippen molar-refractivity contribution < 1.29 is 9.84 Å². The van der Waals surface area contributed by atoms with Gasteiger partial charge in [-0.2, -0.15) is 8.48 Å². The summed E-state index contributed by atoms with van der Waals surface area (Å²) in [6.07, 6.45) is 1.70. The van der Waals surface area contributed by atoms with E-state index >= 15 is 0 Å². The minimum absolute atomic E-state index is 0.209. The van der Waals surface area contributed by atoms with Crippen molar-refractivity contribution in [2.75, 3.05) is 18.2 Å². The minimum atomic E-state index is -0.570. The Balaban J connectivity index is 1.68. The molecule has 0 aliphatic carbocycles. The zero-order valence-electron chi connectivity index (χ0n) is 12.6. The van der Waals surface area contributed by atoms with E-state index in [1.807, 2.05) is 20.4 Å². The summed E-state index contributed by atoms with van der Waals surface area (Å²) < 4.78 is 11.8. The molecule has 122 valence electrons. The highest BCUT2D eigenvalue weighted by molar-refractivity contribution is 14.1. The highest BCUT2D eigenvalue weighted by atomic mass is 127. The van der Waals surface area contributed by atoms with E-state index in [0.717, 1.165) is 5.69 Å². The number of nitriles is 1. The summed E-state index contributed by atoms with van der Waals surface area (Å²) >= 11 is -0.570. The molecule has 0 amide bonds. The number of halogens is 1. The zero-order valence-corrected chi connectivity index (χ0v) is 14.7. The molecular weight excluding hydrogens is 421 g/mol. The van der Waals surface area contributed by atoms with Crippen LogP contribution in [0.4, 0.5) is 5.69 Å². The van der Waals surface area contributed by atoms with Crippen LogP contribution in [0.1, 0.15) is 5.56 Å². The average Bonchev–Trinajstić information content (AvgIpc) is 3.15. The van der Waals surface area contributed by atoms with Gasteiger partial charge in [0.05, 0.1) is 23.9 Å². The Hall–Kier alpha value is -2.67. The maximum Gasteiger partial charge on any atom is 0.168 e. The molecule has 0 unspecified atom stereocenters. The zero-order chi connectivity index (χ0) is 16.8. The summed E-state index contributed by atoms with van der Waals surface area (Å²) in [5.74, 6) is 0.906. The quantitative estimate of drug-likeness (QED) is 0.556. The minimum Gasteiger partial charge on any atom is -0.508 e. The Morgan fingerprint density at radius 1 is 1.17 bits per heavy atom. The molecule has 2 aromatic rings. The fourth-order valence-electron chi connectivity index (χ4n) is 2.07. The molecule has 0 saturated carbocycles. The summed E-state index contributed by atoms with van der Waals surface area (Å²) in [5.41, 5.74) is 1.57. The Labute approximate surface area is 149 Å². The van der Waals surface area contributed by atoms with Crippen LogP contribution in [0.3, 0.4) is 0 Å². The van der Waals surface area contributed by atoms with Crippen molar-refractivity contribution in [3.8, 4) is 17.6 Å². The number of anilines is 1. The third-order valence-electron chi connectivity index (χ3n) is 3.24. The van der Waals surface area contributed by atoms with Gasteiger partial charge in [0.15, 0.2) is 21.3 Å². The van der Waals surface area contributed by atoms with Crippen LogP contribution < -0.4 is 9.75 Å². The van der Waals surface area contributed by atoms with Crippen LogP contribution >= 0.6 is 21.3 Å². The van der Waals surface area contributed by atoms with Gasteiger partial charge in [-0.05, 0) is 48.5 Å². The van der Waals surface area contributed by atoms with Crippen molar-refractivity contribution in [2.45, 2.75) is 0 Å². The molecule has 7 nitrogen and oxygen atoms in total. The number of phenols is 1. The van der Waals surface area contributed by atoms with Gasteiger partial charge in [0.25, 0.3) is 0 Å². The van der Waals surface area contributed by atoms with Crippen LogP contribution in [0.2, 0.25) is 0 Å². The maximum atomic E-state index is 9.29. The van der Waals surface area contributed by atoms with E-state index in [-0.39, 0.29) is 5.75 Å². The Bertz CT molecular complexity index is 772. The fraction of sp³-hybridized carbons (Fsp3) is 0.125. The fourth-order valence-corrected chi connectivity index (χ4v) is 3.42. The van der Waals surface area contributed by atoms with Gasteiger partial charge >= 0.3 is 0 Å². The number of nitrogens with zero attached hydrogens (tertiary/aromatic N) is 5. The monoisotopic (exact) mass is 435 g/mol. The van der Waals surface area contributed by atoms with Gasteiger partial charge in [-0.3, -0.25) is 5.01 Å². The van der Waals surface area contributed by atoms with Gasteiger partial charge in [0.1, 0.15) is 24.4 Å². The van der Waals surface area contributed by atoms with Crippen LogP contribution in [0, 0.1) is 11.3 Å². The summed E-state index contributed by atoms with van der Waals surface area (Å²) in [5, 5.41) is 24.2. The molecule has 3 rings (SSSR count). The highest BCUT2D eigenvalue weighted by Crippen LogP contribution is 2.25. The van der Waals surface area contributed by atoms with Crippen molar-refractivity contribution in [1.29, 1.82) is 5.26 Å². The van der Waals surface area contributed by atoms with Crippen LogP contribution in [0.15, 0.2) is 56.9 Å². The molecule has 0 saturated heterocycles. The summed E-state index contributed by atoms with van der Waals surface area (Å²) in [6, 6.07) is 16.1. The number of hydrazine groups is 1. The van der Waals surface area contributed by atoms with Crippen molar-refractivity contribution in [3.05, 3.63) is 54.1 Å². The lowest BCUT2D eigenvalue weighted by Crippen LogP contribution is -2.37. The highest BCUT2D eigenvalue weighted by Gasteiger charge is 2.15. The summed E-state index contributed by atoms with van der Waals surface area (Å²) in [6.45, 7) is 1.06. The molecule has 8 heteroatoms. The second-order valence-corrected chi connectivity index (χ2v) is 6.65. The SMILES string of the molecule is N#Cc1ccc(N(CCOc2ccc(O)cc2)N2C=NN=I2)cc1. The first-order valence-electron chi connectivity index (χ1n) is 7.13. The molecule has 1 heterocycles. The first-order chi connectivity index (χ1) is 11.8. The maximum absolute atomic E-state index is 9.29. The lowest BCUT2D eigenvalue weighted by Gasteiger charge is -2.29. The predicted octanol–water partition coefficient (Wildman–Crippen LogP) is 3.39. The normalized spacial score (nSPS) is 12.5. The van der Waals surface area contributed by atoms with E-state index < -0.39 is 21.3 Å². The van der Waals surface area contributed by atoms with Gasteiger partial charge in [-0.15, -0.1) is 8.36 Å². The van der Waals surface area contributed by atoms with Gasteiger partial charge in [0.2, 0.25) is 0 Å². The van der Waals surface area contributed by atoms with E-state index in [1.54, 1.807) is 42.7 Å². The molecule has 0 bridgehead atoms. The number of rotatable bonds is 6. The van der Waals surface area contributed by atoms with E-state index in [1.165, 1.54) is 0 Å². The molecule has 0 fully saturated rings. The smallest absolute Gasteiger partial charge is 0.168 e. The van der Waals surface area contributed by atoms with Crippen molar-refractivity contribution in [1.82, 2.24) is 3.22 Å². The number of aromatic hydroxyl groups is 1. The number of phenolic OH excluding ortho intramolecular Hbond substituents is 1. The lowest BCUT2D eigenvalue weighted by molar-refractivity contribution is 0.316. The molecule has 24 heavy (non-hydrogen) atoms. The standard InChI is InChI=1S/C16H14IN5O2/c18-11-13-1-3-14(4-2-13)21(22-12-19-20-17-22)9-10-24-16-7-5-15(23)6-8-16/h1-8,12,23H,9-10H2. The van der Waals surface area contributed by atoms with Crippen LogP contribution in [0.25, 0.3) is 0 Å². The molecule has 0 aromatic heterocycles. The van der Waals surface area contributed by atoms with Crippen molar-refractivity contribution in [2.24, 2.45) is 8.36 Å². The summed E-state index contributed by atoms with van der Waals surface area (Å²) in [4.78, 5) is 0. The Kier molecular flexibility index (Phi) is 5.22. The molecule has 2 aromatic carbocycles. The first-order valence-corrected chi connectivity index (χ1v) is 9.06. The van der Waals surface area contributed by atoms with Crippen molar-refractivity contribution >= 4 is 33.3 Å². The van der Waals surface area contributed by atoms with E-state index in [9.17, 15) is 5.11 Å². The molecule has 0 atom stereocenters. The van der Waals surface area contributed by atoms with E-state index in [0.29, 0.717) is 24.5 Å². The van der Waals surface area contributed by atoms with Gasteiger partial charge < -0.3 is 9.84 Å². The van der Waals surface area contributed by atoms with E-state index in [2.05, 4.69) is 14.4 Å². The van der Waals surface area contributed by atoms with Gasteiger partial charge in [0, 0.05) is 0 Å². The average molecular weight is 435 g/mol. The second-order valence-electron chi connectivity index (χ2n) is 4.79. The largest absolute Gasteiger partial charge is 0.508 e. The van der Waals surface area contributed by atoms with E-state index in [4.69, 9.17) is 10.00 Å². The Morgan fingerprint density at radius 3 is 2.54 bits per heavy atom. The third-order valence-corrected chi connectivity index (χ3v) is 4.89. The first kappa shape index (κ1) is 16.2. The van der Waals surface area contributed by atoms with Gasteiger partial charge in [-0.1, -0.05) is 0 Å².